The van der Waals surface area contributed by atoms with Crippen LogP contribution in [0.15, 0.2) is 34.9 Å². The van der Waals surface area contributed by atoms with Crippen LogP contribution in [-0.2, 0) is 11.4 Å². The molecule has 5 nitrogen and oxygen atoms in total. The first-order valence-corrected chi connectivity index (χ1v) is 5.67. The lowest BCUT2D eigenvalue weighted by Gasteiger charge is -2.01. The van der Waals surface area contributed by atoms with E-state index in [9.17, 15) is 4.79 Å². The first-order chi connectivity index (χ1) is 8.66. The second-order valence-electron chi connectivity index (χ2n) is 3.98. The number of hydrogen-bond donors (Lipinski definition) is 0. The van der Waals surface area contributed by atoms with E-state index in [-0.39, 0.29) is 18.3 Å². The van der Waals surface area contributed by atoms with Crippen molar-refractivity contribution in [1.29, 1.82) is 0 Å². The second kappa shape index (κ2) is 5.44. The van der Waals surface area contributed by atoms with Crippen LogP contribution in [0.1, 0.15) is 31.5 Å². The number of ether oxygens (including phenoxy) is 1. The minimum absolute atomic E-state index is 0.00539. The Morgan fingerprint density at radius 2 is 2.11 bits per heavy atom. The molecule has 1 unspecified atom stereocenters. The van der Waals surface area contributed by atoms with Crippen molar-refractivity contribution in [2.45, 2.75) is 26.4 Å². The van der Waals surface area contributed by atoms with Gasteiger partial charge in [-0.05, 0) is 26.0 Å². The topological polar surface area (TPSA) is 65.2 Å². The van der Waals surface area contributed by atoms with Gasteiger partial charge in [-0.15, -0.1) is 0 Å². The maximum atomic E-state index is 11.2. The molecule has 0 fully saturated rings. The summed E-state index contributed by atoms with van der Waals surface area (Å²) in [5.74, 6) is 1.12. The van der Waals surface area contributed by atoms with Gasteiger partial charge >= 0.3 is 0 Å². The third kappa shape index (κ3) is 2.94. The van der Waals surface area contributed by atoms with Crippen molar-refractivity contribution in [2.75, 3.05) is 0 Å². The Bertz CT molecular complexity index is 522. The van der Waals surface area contributed by atoms with E-state index in [2.05, 4.69) is 10.1 Å². The van der Waals surface area contributed by atoms with E-state index < -0.39 is 0 Å². The number of para-hydroxylation sites is 1. The summed E-state index contributed by atoms with van der Waals surface area (Å²) in [5, 5.41) is 3.77. The third-order valence-electron chi connectivity index (χ3n) is 2.58. The molecule has 2 rings (SSSR count). The van der Waals surface area contributed by atoms with E-state index in [1.165, 1.54) is 6.92 Å². The fourth-order valence-corrected chi connectivity index (χ4v) is 1.34. The van der Waals surface area contributed by atoms with Crippen molar-refractivity contribution in [3.8, 4) is 5.75 Å². The number of benzene rings is 1. The fraction of sp³-hybridized carbons (Fsp3) is 0.308. The molecular formula is C13H14N2O3. The predicted octanol–water partition coefficient (Wildman–Crippen LogP) is 2.34. The van der Waals surface area contributed by atoms with E-state index in [0.29, 0.717) is 11.7 Å². The molecule has 94 valence electrons. The van der Waals surface area contributed by atoms with Crippen molar-refractivity contribution >= 4 is 5.78 Å². The Kier molecular flexibility index (Phi) is 3.72. The highest BCUT2D eigenvalue weighted by Crippen LogP contribution is 2.15. The molecule has 0 radical (unpaired) electrons. The van der Waals surface area contributed by atoms with Crippen LogP contribution in [-0.4, -0.2) is 15.9 Å². The molecule has 0 bridgehead atoms. The minimum atomic E-state index is -0.372. The molecule has 0 amide bonds. The van der Waals surface area contributed by atoms with E-state index in [1.54, 1.807) is 6.92 Å². The highest BCUT2D eigenvalue weighted by Gasteiger charge is 2.18. The summed E-state index contributed by atoms with van der Waals surface area (Å²) in [6.45, 7) is 3.45. The molecule has 0 aliphatic rings. The van der Waals surface area contributed by atoms with Gasteiger partial charge in [0.1, 0.15) is 11.5 Å². The lowest BCUT2D eigenvalue weighted by molar-refractivity contribution is -0.118. The number of carbonyl (C=O) groups excluding carboxylic acids is 1. The van der Waals surface area contributed by atoms with Crippen LogP contribution >= 0.6 is 0 Å². The van der Waals surface area contributed by atoms with Crippen LogP contribution in [0.4, 0.5) is 0 Å². The maximum Gasteiger partial charge on any atom is 0.237 e. The van der Waals surface area contributed by atoms with Gasteiger partial charge in [-0.3, -0.25) is 4.79 Å². The van der Waals surface area contributed by atoms with Crippen molar-refractivity contribution in [3.05, 3.63) is 42.0 Å². The zero-order chi connectivity index (χ0) is 13.0. The second-order valence-corrected chi connectivity index (χ2v) is 3.98. The number of aromatic nitrogens is 2. The average Bonchev–Trinajstić information content (AvgIpc) is 2.85. The Balaban J connectivity index is 1.97. The van der Waals surface area contributed by atoms with E-state index in [1.807, 2.05) is 30.3 Å². The van der Waals surface area contributed by atoms with Crippen LogP contribution in [0.2, 0.25) is 0 Å². The molecule has 0 saturated carbocycles. The quantitative estimate of drug-likeness (QED) is 0.810. The lowest BCUT2D eigenvalue weighted by Crippen LogP contribution is -2.05. The monoisotopic (exact) mass is 246 g/mol. The maximum absolute atomic E-state index is 11.2. The Morgan fingerprint density at radius 3 is 2.78 bits per heavy atom. The standard InChI is InChI=1S/C13H14N2O3/c1-9(10(2)16)13-14-12(15-18-13)8-17-11-6-4-3-5-7-11/h3-7,9H,8H2,1-2H3. The van der Waals surface area contributed by atoms with Gasteiger partial charge in [0.25, 0.3) is 0 Å². The van der Waals surface area contributed by atoms with Crippen molar-refractivity contribution in [3.63, 3.8) is 0 Å². The summed E-state index contributed by atoms with van der Waals surface area (Å²) in [4.78, 5) is 15.3. The molecule has 1 aromatic heterocycles. The molecule has 0 spiro atoms. The van der Waals surface area contributed by atoms with Crippen molar-refractivity contribution in [1.82, 2.24) is 10.1 Å². The molecule has 0 aliphatic carbocycles. The third-order valence-corrected chi connectivity index (χ3v) is 2.58. The smallest absolute Gasteiger partial charge is 0.237 e. The van der Waals surface area contributed by atoms with Gasteiger partial charge in [0.2, 0.25) is 11.7 Å². The van der Waals surface area contributed by atoms with E-state index in [4.69, 9.17) is 9.26 Å². The number of nitrogens with zero attached hydrogens (tertiary/aromatic N) is 2. The Hall–Kier alpha value is -2.17. The van der Waals surface area contributed by atoms with Crippen LogP contribution in [0.25, 0.3) is 0 Å². The lowest BCUT2D eigenvalue weighted by atomic mass is 10.1. The summed E-state index contributed by atoms with van der Waals surface area (Å²) >= 11 is 0. The number of carbonyl (C=O) groups is 1. The molecule has 0 aliphatic heterocycles. The largest absolute Gasteiger partial charge is 0.485 e. The number of ketones is 1. The first kappa shape index (κ1) is 12.3. The zero-order valence-electron chi connectivity index (χ0n) is 10.3. The molecule has 2 aromatic rings. The van der Waals surface area contributed by atoms with Gasteiger partial charge in [0, 0.05) is 0 Å². The molecule has 0 N–H and O–H groups in total. The Labute approximate surface area is 105 Å². The van der Waals surface area contributed by atoms with Gasteiger partial charge in [0.15, 0.2) is 6.61 Å². The van der Waals surface area contributed by atoms with Gasteiger partial charge in [-0.2, -0.15) is 4.98 Å². The molecule has 5 heteroatoms. The van der Waals surface area contributed by atoms with E-state index >= 15 is 0 Å². The summed E-state index contributed by atoms with van der Waals surface area (Å²) in [5.41, 5.74) is 0. The van der Waals surface area contributed by atoms with Gasteiger partial charge < -0.3 is 9.26 Å². The highest BCUT2D eigenvalue weighted by atomic mass is 16.5. The molecule has 18 heavy (non-hydrogen) atoms. The summed E-state index contributed by atoms with van der Waals surface area (Å²) < 4.78 is 10.5. The molecule has 0 saturated heterocycles. The SMILES string of the molecule is CC(=O)C(C)c1nc(COc2ccccc2)no1. The van der Waals surface area contributed by atoms with Crippen LogP contribution < -0.4 is 4.74 Å². The summed E-state index contributed by atoms with van der Waals surface area (Å²) in [6, 6.07) is 9.37. The molecule has 1 aromatic carbocycles. The van der Waals surface area contributed by atoms with Crippen LogP contribution in [0.5, 0.6) is 5.75 Å². The predicted molar refractivity (Wildman–Crippen MR) is 64.2 cm³/mol. The number of hydrogen-bond acceptors (Lipinski definition) is 5. The number of rotatable bonds is 5. The summed E-state index contributed by atoms with van der Waals surface area (Å²) in [6.07, 6.45) is 0. The van der Waals surface area contributed by atoms with Crippen molar-refractivity contribution < 1.29 is 14.1 Å². The van der Waals surface area contributed by atoms with Crippen LogP contribution in [0, 0.1) is 0 Å². The molecule has 1 heterocycles. The zero-order valence-corrected chi connectivity index (χ0v) is 10.3. The van der Waals surface area contributed by atoms with E-state index in [0.717, 1.165) is 5.75 Å². The normalized spacial score (nSPS) is 12.1. The fourth-order valence-electron chi connectivity index (χ4n) is 1.34. The van der Waals surface area contributed by atoms with Gasteiger partial charge in [0.05, 0.1) is 5.92 Å². The van der Waals surface area contributed by atoms with Gasteiger partial charge in [-0.25, -0.2) is 0 Å². The summed E-state index contributed by atoms with van der Waals surface area (Å²) in [7, 11) is 0. The van der Waals surface area contributed by atoms with Gasteiger partial charge in [-0.1, -0.05) is 23.4 Å². The average molecular weight is 246 g/mol. The number of Topliss-reactive ketones (excluding diaryl/α,β-unsaturated/α-hetero) is 1. The minimum Gasteiger partial charge on any atom is -0.485 e. The first-order valence-electron chi connectivity index (χ1n) is 5.67. The highest BCUT2D eigenvalue weighted by molar-refractivity contribution is 5.81. The molecular weight excluding hydrogens is 232 g/mol. The molecule has 1 atom stereocenters. The van der Waals surface area contributed by atoms with Crippen LogP contribution in [0.3, 0.4) is 0 Å². The Morgan fingerprint density at radius 1 is 1.39 bits per heavy atom. The van der Waals surface area contributed by atoms with Crippen molar-refractivity contribution in [2.24, 2.45) is 0 Å².